The summed E-state index contributed by atoms with van der Waals surface area (Å²) in [6, 6.07) is 0. The van der Waals surface area contributed by atoms with Crippen LogP contribution in [-0.4, -0.2) is 13.1 Å². The molecule has 0 radical (unpaired) electrons. The Hall–Kier alpha value is -0.0400. The minimum absolute atomic E-state index is 0.784. The molecule has 0 amide bonds. The maximum Gasteiger partial charge on any atom is -0.00179 e. The van der Waals surface area contributed by atoms with Gasteiger partial charge in [0.05, 0.1) is 0 Å². The van der Waals surface area contributed by atoms with E-state index in [1.807, 2.05) is 0 Å². The number of hydrogen-bond acceptors (Lipinski definition) is 1. The Morgan fingerprint density at radius 3 is 2.56 bits per heavy atom. The van der Waals surface area contributed by atoms with Gasteiger partial charge >= 0.3 is 0 Å². The van der Waals surface area contributed by atoms with Gasteiger partial charge in [-0.2, -0.15) is 0 Å². The first kappa shape index (κ1) is 14.0. The van der Waals surface area contributed by atoms with E-state index in [2.05, 4.69) is 33.0 Å². The third-order valence-electron chi connectivity index (χ3n) is 4.11. The van der Waals surface area contributed by atoms with E-state index in [4.69, 9.17) is 0 Å². The summed E-state index contributed by atoms with van der Waals surface area (Å²) in [5.41, 5.74) is 0. The van der Waals surface area contributed by atoms with E-state index in [-0.39, 0.29) is 0 Å². The molecule has 0 aromatic heterocycles. The standard InChI is InChI=1S/C15H31N/c1-5-6-14-7-8-15(13(4)9-14)11-16-10-12(2)3/h12-16H,5-11H2,1-4H3. The van der Waals surface area contributed by atoms with Crippen LogP contribution in [0.4, 0.5) is 0 Å². The van der Waals surface area contributed by atoms with Crippen molar-refractivity contribution in [3.63, 3.8) is 0 Å². The number of hydrogen-bond donors (Lipinski definition) is 1. The molecule has 1 nitrogen and oxygen atoms in total. The molecule has 1 heteroatoms. The van der Waals surface area contributed by atoms with Gasteiger partial charge in [0, 0.05) is 0 Å². The molecule has 96 valence electrons. The highest BCUT2D eigenvalue weighted by Crippen LogP contribution is 2.35. The average Bonchev–Trinajstić information content (AvgIpc) is 2.21. The first-order valence-electron chi connectivity index (χ1n) is 7.34. The van der Waals surface area contributed by atoms with E-state index < -0.39 is 0 Å². The molecule has 16 heavy (non-hydrogen) atoms. The highest BCUT2D eigenvalue weighted by molar-refractivity contribution is 4.79. The molecule has 1 rings (SSSR count). The van der Waals surface area contributed by atoms with Crippen LogP contribution < -0.4 is 5.32 Å². The lowest BCUT2D eigenvalue weighted by molar-refractivity contribution is 0.181. The Morgan fingerprint density at radius 2 is 2.00 bits per heavy atom. The highest BCUT2D eigenvalue weighted by atomic mass is 14.9. The van der Waals surface area contributed by atoms with Crippen LogP contribution in [0.15, 0.2) is 0 Å². The number of nitrogens with one attached hydrogen (secondary N) is 1. The van der Waals surface area contributed by atoms with Crippen LogP contribution in [-0.2, 0) is 0 Å². The molecule has 1 N–H and O–H groups in total. The van der Waals surface area contributed by atoms with Gasteiger partial charge in [0.1, 0.15) is 0 Å². The summed E-state index contributed by atoms with van der Waals surface area (Å²) in [7, 11) is 0. The van der Waals surface area contributed by atoms with E-state index >= 15 is 0 Å². The first-order chi connectivity index (χ1) is 7.63. The zero-order valence-corrected chi connectivity index (χ0v) is 11.8. The van der Waals surface area contributed by atoms with Crippen molar-refractivity contribution in [3.8, 4) is 0 Å². The monoisotopic (exact) mass is 225 g/mol. The second-order valence-corrected chi connectivity index (χ2v) is 6.26. The third-order valence-corrected chi connectivity index (χ3v) is 4.11. The fraction of sp³-hybridized carbons (Fsp3) is 1.00. The largest absolute Gasteiger partial charge is 0.316 e. The van der Waals surface area contributed by atoms with Crippen LogP contribution in [0.25, 0.3) is 0 Å². The zero-order valence-electron chi connectivity index (χ0n) is 11.8. The Balaban J connectivity index is 2.20. The summed E-state index contributed by atoms with van der Waals surface area (Å²) in [6.07, 6.45) is 7.23. The van der Waals surface area contributed by atoms with Crippen LogP contribution in [0.3, 0.4) is 0 Å². The first-order valence-corrected chi connectivity index (χ1v) is 7.34. The van der Waals surface area contributed by atoms with Gasteiger partial charge in [-0.3, -0.25) is 0 Å². The highest BCUT2D eigenvalue weighted by Gasteiger charge is 2.26. The Bertz CT molecular complexity index is 176. The Kier molecular flexibility index (Phi) is 6.41. The van der Waals surface area contributed by atoms with Gasteiger partial charge in [-0.1, -0.05) is 47.0 Å². The molecule has 0 saturated heterocycles. The van der Waals surface area contributed by atoms with Crippen molar-refractivity contribution in [1.29, 1.82) is 0 Å². The molecule has 1 aliphatic rings. The normalized spacial score (nSPS) is 30.9. The Morgan fingerprint density at radius 1 is 1.25 bits per heavy atom. The fourth-order valence-electron chi connectivity index (χ4n) is 3.10. The van der Waals surface area contributed by atoms with Crippen molar-refractivity contribution < 1.29 is 0 Å². The second-order valence-electron chi connectivity index (χ2n) is 6.26. The van der Waals surface area contributed by atoms with Crippen molar-refractivity contribution in [2.24, 2.45) is 23.7 Å². The van der Waals surface area contributed by atoms with E-state index in [1.165, 1.54) is 45.2 Å². The molecule has 0 heterocycles. The molecule has 1 aliphatic carbocycles. The molecule has 3 unspecified atom stereocenters. The lowest BCUT2D eigenvalue weighted by Gasteiger charge is -2.34. The average molecular weight is 225 g/mol. The molecule has 0 spiro atoms. The summed E-state index contributed by atoms with van der Waals surface area (Å²) < 4.78 is 0. The molecular formula is C15H31N. The van der Waals surface area contributed by atoms with Crippen molar-refractivity contribution in [3.05, 3.63) is 0 Å². The quantitative estimate of drug-likeness (QED) is 0.718. The molecule has 1 fully saturated rings. The summed E-state index contributed by atoms with van der Waals surface area (Å²) >= 11 is 0. The molecule has 0 aromatic carbocycles. The lowest BCUT2D eigenvalue weighted by atomic mass is 9.73. The van der Waals surface area contributed by atoms with Gasteiger partial charge in [-0.05, 0) is 49.6 Å². The smallest absolute Gasteiger partial charge is 0.00179 e. The van der Waals surface area contributed by atoms with Crippen molar-refractivity contribution in [1.82, 2.24) is 5.32 Å². The fourth-order valence-corrected chi connectivity index (χ4v) is 3.10. The zero-order chi connectivity index (χ0) is 12.0. The van der Waals surface area contributed by atoms with Crippen LogP contribution >= 0.6 is 0 Å². The van der Waals surface area contributed by atoms with Crippen molar-refractivity contribution >= 4 is 0 Å². The predicted molar refractivity (Wildman–Crippen MR) is 72.6 cm³/mol. The predicted octanol–water partition coefficient (Wildman–Crippen LogP) is 4.08. The molecule has 0 aromatic rings. The van der Waals surface area contributed by atoms with E-state index in [1.54, 1.807) is 0 Å². The van der Waals surface area contributed by atoms with Crippen LogP contribution in [0, 0.1) is 23.7 Å². The van der Waals surface area contributed by atoms with E-state index in [9.17, 15) is 0 Å². The molecule has 0 aliphatic heterocycles. The van der Waals surface area contributed by atoms with Gasteiger partial charge in [0.25, 0.3) is 0 Å². The van der Waals surface area contributed by atoms with Crippen molar-refractivity contribution in [2.45, 2.75) is 59.8 Å². The maximum absolute atomic E-state index is 3.63. The molecular weight excluding hydrogens is 194 g/mol. The van der Waals surface area contributed by atoms with E-state index in [0.717, 1.165) is 23.7 Å². The minimum Gasteiger partial charge on any atom is -0.316 e. The summed E-state index contributed by atoms with van der Waals surface area (Å²) in [5, 5.41) is 3.63. The van der Waals surface area contributed by atoms with Gasteiger partial charge in [0.15, 0.2) is 0 Å². The lowest BCUT2D eigenvalue weighted by Crippen LogP contribution is -2.33. The van der Waals surface area contributed by atoms with Gasteiger partial charge < -0.3 is 5.32 Å². The summed E-state index contributed by atoms with van der Waals surface area (Å²) in [4.78, 5) is 0. The molecule has 1 saturated carbocycles. The van der Waals surface area contributed by atoms with Crippen molar-refractivity contribution in [2.75, 3.05) is 13.1 Å². The van der Waals surface area contributed by atoms with Gasteiger partial charge in [-0.25, -0.2) is 0 Å². The van der Waals surface area contributed by atoms with E-state index in [0.29, 0.717) is 0 Å². The van der Waals surface area contributed by atoms with Crippen LogP contribution in [0.2, 0.25) is 0 Å². The van der Waals surface area contributed by atoms with Crippen LogP contribution in [0.5, 0.6) is 0 Å². The summed E-state index contributed by atoms with van der Waals surface area (Å²) in [6.45, 7) is 11.8. The Labute approximate surface area is 102 Å². The SMILES string of the molecule is CCCC1CCC(CNCC(C)C)C(C)C1. The molecule has 3 atom stereocenters. The third kappa shape index (κ3) is 4.86. The molecule has 0 bridgehead atoms. The van der Waals surface area contributed by atoms with Gasteiger partial charge in [0.2, 0.25) is 0 Å². The second kappa shape index (κ2) is 7.32. The topological polar surface area (TPSA) is 12.0 Å². The van der Waals surface area contributed by atoms with Crippen LogP contribution in [0.1, 0.15) is 59.8 Å². The minimum atomic E-state index is 0.784. The summed E-state index contributed by atoms with van der Waals surface area (Å²) in [5.74, 6) is 3.69. The maximum atomic E-state index is 3.63. The van der Waals surface area contributed by atoms with Gasteiger partial charge in [-0.15, -0.1) is 0 Å². The number of rotatable bonds is 6.